The molecule has 0 aliphatic heterocycles. The fraction of sp³-hybridized carbons (Fsp3) is 0.100. The van der Waals surface area contributed by atoms with Crippen molar-refractivity contribution in [3.8, 4) is 0 Å². The van der Waals surface area contributed by atoms with E-state index in [1.807, 2.05) is 0 Å². The summed E-state index contributed by atoms with van der Waals surface area (Å²) < 4.78 is 30.3. The molecule has 0 unspecified atom stereocenters. The van der Waals surface area contributed by atoms with Crippen LogP contribution in [0.3, 0.4) is 0 Å². The van der Waals surface area contributed by atoms with E-state index in [2.05, 4.69) is 10.2 Å². The van der Waals surface area contributed by atoms with Crippen molar-refractivity contribution in [2.24, 2.45) is 0 Å². The van der Waals surface area contributed by atoms with Crippen molar-refractivity contribution in [3.05, 3.63) is 47.2 Å². The minimum atomic E-state index is -1.34. The Morgan fingerprint density at radius 3 is 2.65 bits per heavy atom. The van der Waals surface area contributed by atoms with E-state index >= 15 is 0 Å². The number of aromatic nitrogens is 2. The third-order valence-electron chi connectivity index (χ3n) is 1.99. The molecule has 1 heterocycles. The van der Waals surface area contributed by atoms with Crippen molar-refractivity contribution in [3.63, 3.8) is 0 Å². The van der Waals surface area contributed by atoms with Crippen molar-refractivity contribution in [1.82, 2.24) is 10.2 Å². The number of hydrogen-bond acceptors (Lipinski definition) is 4. The number of carbonyl (C=O) groups is 1. The highest BCUT2D eigenvalue weighted by Crippen LogP contribution is 2.12. The summed E-state index contributed by atoms with van der Waals surface area (Å²) >= 11 is 0. The number of halogens is 2. The average molecular weight is 240 g/mol. The Kier molecular flexibility index (Phi) is 2.82. The zero-order valence-corrected chi connectivity index (χ0v) is 8.35. The van der Waals surface area contributed by atoms with Gasteiger partial charge in [-0.2, -0.15) is 0 Å². The normalized spacial score (nSPS) is 10.5. The standard InChI is InChI=1S/C10H6F2N2O3/c11-6-2-1-5(3-7(6)12)4-8-13-14-9(17-8)10(15)16/h1-3H,4H2,(H,15,16). The molecular formula is C10H6F2N2O3. The van der Waals surface area contributed by atoms with Crippen LogP contribution >= 0.6 is 0 Å². The van der Waals surface area contributed by atoms with Crippen LogP contribution in [-0.2, 0) is 6.42 Å². The van der Waals surface area contributed by atoms with E-state index in [0.29, 0.717) is 5.56 Å². The zero-order valence-electron chi connectivity index (χ0n) is 8.35. The van der Waals surface area contributed by atoms with Crippen LogP contribution in [0.1, 0.15) is 22.1 Å². The van der Waals surface area contributed by atoms with Gasteiger partial charge in [0.05, 0.1) is 6.42 Å². The molecule has 0 spiro atoms. The van der Waals surface area contributed by atoms with Gasteiger partial charge in [-0.15, -0.1) is 10.2 Å². The van der Waals surface area contributed by atoms with E-state index in [-0.39, 0.29) is 12.3 Å². The van der Waals surface area contributed by atoms with Gasteiger partial charge < -0.3 is 9.52 Å². The highest BCUT2D eigenvalue weighted by Gasteiger charge is 2.13. The van der Waals surface area contributed by atoms with Gasteiger partial charge in [0.25, 0.3) is 0 Å². The molecule has 0 saturated carbocycles. The fourth-order valence-electron chi connectivity index (χ4n) is 1.24. The van der Waals surface area contributed by atoms with Crippen molar-refractivity contribution in [1.29, 1.82) is 0 Å². The molecular weight excluding hydrogens is 234 g/mol. The lowest BCUT2D eigenvalue weighted by Crippen LogP contribution is -1.95. The average Bonchev–Trinajstić information content (AvgIpc) is 2.72. The summed E-state index contributed by atoms with van der Waals surface area (Å²) in [6.07, 6.45) is 0.0392. The summed E-state index contributed by atoms with van der Waals surface area (Å²) in [5.41, 5.74) is 0.407. The quantitative estimate of drug-likeness (QED) is 0.882. The molecule has 1 N–H and O–H groups in total. The van der Waals surface area contributed by atoms with Crippen LogP contribution in [0.5, 0.6) is 0 Å². The Morgan fingerprint density at radius 1 is 1.29 bits per heavy atom. The third-order valence-corrected chi connectivity index (χ3v) is 1.99. The third kappa shape index (κ3) is 2.44. The van der Waals surface area contributed by atoms with Crippen molar-refractivity contribution < 1.29 is 23.1 Å². The van der Waals surface area contributed by atoms with E-state index in [1.54, 1.807) is 0 Å². The van der Waals surface area contributed by atoms with Gasteiger partial charge in [0.2, 0.25) is 5.89 Å². The van der Waals surface area contributed by atoms with Crippen LogP contribution in [0.15, 0.2) is 22.6 Å². The molecule has 0 atom stereocenters. The van der Waals surface area contributed by atoms with Gasteiger partial charge in [0.1, 0.15) is 0 Å². The van der Waals surface area contributed by atoms with Crippen LogP contribution < -0.4 is 0 Å². The molecule has 88 valence electrons. The SMILES string of the molecule is O=C(O)c1nnc(Cc2ccc(F)c(F)c2)o1. The second kappa shape index (κ2) is 4.28. The molecule has 7 heteroatoms. The van der Waals surface area contributed by atoms with Crippen LogP contribution in [0.4, 0.5) is 8.78 Å². The van der Waals surface area contributed by atoms with E-state index in [4.69, 9.17) is 9.52 Å². The van der Waals surface area contributed by atoms with Gasteiger partial charge in [-0.05, 0) is 17.7 Å². The van der Waals surface area contributed by atoms with E-state index < -0.39 is 23.5 Å². The number of nitrogens with zero attached hydrogens (tertiary/aromatic N) is 2. The lowest BCUT2D eigenvalue weighted by molar-refractivity contribution is 0.0651. The van der Waals surface area contributed by atoms with Gasteiger partial charge in [-0.25, -0.2) is 13.6 Å². The molecule has 0 saturated heterocycles. The van der Waals surface area contributed by atoms with Gasteiger partial charge >= 0.3 is 11.9 Å². The minimum Gasteiger partial charge on any atom is -0.474 e. The van der Waals surface area contributed by atoms with Crippen molar-refractivity contribution >= 4 is 5.97 Å². The maximum atomic E-state index is 12.9. The predicted molar refractivity (Wildman–Crippen MR) is 50.4 cm³/mol. The summed E-state index contributed by atoms with van der Waals surface area (Å²) in [6.45, 7) is 0. The Bertz CT molecular complexity index is 568. The Balaban J connectivity index is 2.19. The number of carboxylic acid groups (broad SMARTS) is 1. The molecule has 5 nitrogen and oxygen atoms in total. The summed E-state index contributed by atoms with van der Waals surface area (Å²) in [5, 5.41) is 15.3. The molecule has 0 amide bonds. The van der Waals surface area contributed by atoms with Crippen molar-refractivity contribution in [2.45, 2.75) is 6.42 Å². The minimum absolute atomic E-state index is 0.0217. The van der Waals surface area contributed by atoms with Gasteiger partial charge in [0.15, 0.2) is 11.6 Å². The van der Waals surface area contributed by atoms with Crippen molar-refractivity contribution in [2.75, 3.05) is 0 Å². The summed E-state index contributed by atoms with van der Waals surface area (Å²) in [7, 11) is 0. The maximum Gasteiger partial charge on any atom is 0.393 e. The van der Waals surface area contributed by atoms with Crippen LogP contribution in [-0.4, -0.2) is 21.3 Å². The Morgan fingerprint density at radius 2 is 2.06 bits per heavy atom. The highest BCUT2D eigenvalue weighted by atomic mass is 19.2. The lowest BCUT2D eigenvalue weighted by Gasteiger charge is -1.97. The van der Waals surface area contributed by atoms with E-state index in [0.717, 1.165) is 12.1 Å². The number of rotatable bonds is 3. The number of benzene rings is 1. The first-order valence-electron chi connectivity index (χ1n) is 4.56. The lowest BCUT2D eigenvalue weighted by atomic mass is 10.1. The molecule has 2 rings (SSSR count). The van der Waals surface area contributed by atoms with Crippen LogP contribution in [0.25, 0.3) is 0 Å². The maximum absolute atomic E-state index is 12.9. The monoisotopic (exact) mass is 240 g/mol. The molecule has 0 aliphatic carbocycles. The summed E-state index contributed by atoms with van der Waals surface area (Å²) in [5.74, 6) is -3.80. The molecule has 1 aromatic carbocycles. The molecule has 17 heavy (non-hydrogen) atoms. The molecule has 0 radical (unpaired) electrons. The number of aromatic carboxylic acids is 1. The Hall–Kier alpha value is -2.31. The Labute approximate surface area is 93.7 Å². The smallest absolute Gasteiger partial charge is 0.393 e. The van der Waals surface area contributed by atoms with Crippen LogP contribution in [0, 0.1) is 11.6 Å². The van der Waals surface area contributed by atoms with Gasteiger partial charge in [-0.1, -0.05) is 6.07 Å². The zero-order chi connectivity index (χ0) is 12.4. The summed E-state index contributed by atoms with van der Waals surface area (Å²) in [4.78, 5) is 10.5. The van der Waals surface area contributed by atoms with Crippen LogP contribution in [0.2, 0.25) is 0 Å². The molecule has 1 aromatic heterocycles. The second-order valence-electron chi connectivity index (χ2n) is 3.23. The predicted octanol–water partition coefficient (Wildman–Crippen LogP) is 1.64. The molecule has 0 aliphatic rings. The first kappa shape index (κ1) is 11.2. The first-order chi connectivity index (χ1) is 8.06. The molecule has 0 fully saturated rings. The number of carboxylic acids is 1. The first-order valence-corrected chi connectivity index (χ1v) is 4.56. The highest BCUT2D eigenvalue weighted by molar-refractivity contribution is 5.81. The number of hydrogen-bond donors (Lipinski definition) is 1. The molecule has 0 bridgehead atoms. The molecule has 2 aromatic rings. The van der Waals surface area contributed by atoms with E-state index in [1.165, 1.54) is 6.07 Å². The second-order valence-corrected chi connectivity index (χ2v) is 3.23. The van der Waals surface area contributed by atoms with E-state index in [9.17, 15) is 13.6 Å². The van der Waals surface area contributed by atoms with Gasteiger partial charge in [0, 0.05) is 0 Å². The summed E-state index contributed by atoms with van der Waals surface area (Å²) in [6, 6.07) is 3.31. The fourth-order valence-corrected chi connectivity index (χ4v) is 1.24. The van der Waals surface area contributed by atoms with Gasteiger partial charge in [-0.3, -0.25) is 0 Å². The largest absolute Gasteiger partial charge is 0.474 e. The topological polar surface area (TPSA) is 76.2 Å².